The molecule has 5 aromatic rings. The van der Waals surface area contributed by atoms with Gasteiger partial charge in [-0.05, 0) is 48.2 Å². The Balaban J connectivity index is 1.17. The summed E-state index contributed by atoms with van der Waals surface area (Å²) in [6, 6.07) is 23.8. The topological polar surface area (TPSA) is 82.8 Å². The quantitative estimate of drug-likeness (QED) is 0.353. The number of hydrogen-bond donors (Lipinski definition) is 2. The molecule has 0 aliphatic carbocycles. The number of phenols is 1. The number of nitrogens with zero attached hydrogens (tertiary/aromatic N) is 4. The normalized spacial score (nSPS) is 14.4. The largest absolute Gasteiger partial charge is 0.507 e. The van der Waals surface area contributed by atoms with Crippen LogP contribution in [0.2, 0.25) is 0 Å². The second-order valence-electron chi connectivity index (χ2n) is 9.72. The van der Waals surface area contributed by atoms with Crippen molar-refractivity contribution >= 4 is 28.1 Å². The molecule has 0 saturated carbocycles. The first-order valence-electron chi connectivity index (χ1n) is 12.7. The van der Waals surface area contributed by atoms with Gasteiger partial charge in [0.2, 0.25) is 5.91 Å². The molecule has 2 aromatic heterocycles. The molecule has 0 radical (unpaired) electrons. The molecule has 3 heterocycles. The molecule has 7 heteroatoms. The maximum absolute atomic E-state index is 13.1. The molecular formula is C30H29N5O2. The van der Waals surface area contributed by atoms with Gasteiger partial charge in [-0.2, -0.15) is 9.61 Å². The van der Waals surface area contributed by atoms with Crippen LogP contribution in [-0.4, -0.2) is 49.6 Å². The number of aromatic hydroxyl groups is 1. The summed E-state index contributed by atoms with van der Waals surface area (Å²) in [5.41, 5.74) is 4.18. The van der Waals surface area contributed by atoms with Crippen molar-refractivity contribution in [2.45, 2.75) is 32.2 Å². The fourth-order valence-corrected chi connectivity index (χ4v) is 5.21. The number of carbonyl (C=O) groups excluding carboxylic acids is 1. The van der Waals surface area contributed by atoms with Gasteiger partial charge >= 0.3 is 0 Å². The third-order valence-electron chi connectivity index (χ3n) is 7.25. The smallest absolute Gasteiger partial charge is 0.227 e. The van der Waals surface area contributed by atoms with Crippen molar-refractivity contribution < 1.29 is 9.90 Å². The van der Waals surface area contributed by atoms with Gasteiger partial charge < -0.3 is 15.3 Å². The zero-order chi connectivity index (χ0) is 25.4. The van der Waals surface area contributed by atoms with Crippen LogP contribution in [0.4, 0.5) is 5.82 Å². The molecule has 0 atom stereocenters. The first-order chi connectivity index (χ1) is 18.1. The highest BCUT2D eigenvalue weighted by atomic mass is 16.3. The van der Waals surface area contributed by atoms with E-state index in [9.17, 15) is 9.90 Å². The van der Waals surface area contributed by atoms with E-state index < -0.39 is 0 Å². The lowest BCUT2D eigenvalue weighted by Gasteiger charge is -2.33. The number of nitrogens with one attached hydrogen (secondary N) is 1. The predicted octanol–water partition coefficient (Wildman–Crippen LogP) is 5.21. The molecule has 2 N–H and O–H groups in total. The number of likely N-dealkylation sites (tertiary alicyclic amines) is 1. The van der Waals surface area contributed by atoms with Crippen molar-refractivity contribution in [3.8, 4) is 17.0 Å². The fraction of sp³-hybridized carbons (Fsp3) is 0.233. The number of aryl methyl sites for hydroxylation is 1. The summed E-state index contributed by atoms with van der Waals surface area (Å²) in [7, 11) is 0. The van der Waals surface area contributed by atoms with Crippen molar-refractivity contribution in [3.63, 3.8) is 0 Å². The van der Waals surface area contributed by atoms with Crippen molar-refractivity contribution in [1.29, 1.82) is 0 Å². The lowest BCUT2D eigenvalue weighted by atomic mass is 10.00. The zero-order valence-electron chi connectivity index (χ0n) is 20.8. The Morgan fingerprint density at radius 2 is 1.78 bits per heavy atom. The lowest BCUT2D eigenvalue weighted by molar-refractivity contribution is -0.131. The lowest BCUT2D eigenvalue weighted by Crippen LogP contribution is -2.43. The Morgan fingerprint density at radius 1 is 1.03 bits per heavy atom. The number of fused-ring (bicyclic) bond motifs is 2. The van der Waals surface area contributed by atoms with Gasteiger partial charge in [-0.25, -0.2) is 4.98 Å². The minimum absolute atomic E-state index is 0.172. The molecule has 6 rings (SSSR count). The number of benzene rings is 3. The highest BCUT2D eigenvalue weighted by Crippen LogP contribution is 2.31. The number of rotatable bonds is 5. The Bertz CT molecular complexity index is 1600. The Kier molecular flexibility index (Phi) is 5.96. The number of anilines is 1. The molecule has 0 spiro atoms. The summed E-state index contributed by atoms with van der Waals surface area (Å²) in [4.78, 5) is 19.9. The van der Waals surface area contributed by atoms with Crippen LogP contribution in [0.3, 0.4) is 0 Å². The Labute approximate surface area is 215 Å². The molecule has 1 fully saturated rings. The summed E-state index contributed by atoms with van der Waals surface area (Å²) in [5.74, 6) is 1.20. The summed E-state index contributed by atoms with van der Waals surface area (Å²) < 4.78 is 1.82. The van der Waals surface area contributed by atoms with Crippen LogP contribution in [0.1, 0.15) is 24.0 Å². The number of piperidine rings is 1. The van der Waals surface area contributed by atoms with Gasteiger partial charge in [0.25, 0.3) is 0 Å². The van der Waals surface area contributed by atoms with E-state index in [0.717, 1.165) is 46.2 Å². The molecule has 0 bridgehead atoms. The van der Waals surface area contributed by atoms with E-state index in [2.05, 4.69) is 34.7 Å². The molecule has 1 saturated heterocycles. The summed E-state index contributed by atoms with van der Waals surface area (Å²) >= 11 is 0. The van der Waals surface area contributed by atoms with Gasteiger partial charge in [-0.3, -0.25) is 4.79 Å². The molecular weight excluding hydrogens is 462 g/mol. The molecule has 1 amide bonds. The van der Waals surface area contributed by atoms with Crippen molar-refractivity contribution in [2.75, 3.05) is 18.4 Å². The van der Waals surface area contributed by atoms with Crippen LogP contribution in [0.5, 0.6) is 5.75 Å². The van der Waals surface area contributed by atoms with E-state index in [-0.39, 0.29) is 17.7 Å². The minimum Gasteiger partial charge on any atom is -0.507 e. The van der Waals surface area contributed by atoms with E-state index in [1.807, 2.05) is 52.7 Å². The van der Waals surface area contributed by atoms with Crippen LogP contribution in [0.25, 0.3) is 27.7 Å². The third-order valence-corrected chi connectivity index (χ3v) is 7.25. The maximum atomic E-state index is 13.1. The van der Waals surface area contributed by atoms with Gasteiger partial charge in [-0.1, -0.05) is 54.6 Å². The van der Waals surface area contributed by atoms with E-state index >= 15 is 0 Å². The van der Waals surface area contributed by atoms with Gasteiger partial charge in [0, 0.05) is 36.3 Å². The predicted molar refractivity (Wildman–Crippen MR) is 146 cm³/mol. The molecule has 37 heavy (non-hydrogen) atoms. The maximum Gasteiger partial charge on any atom is 0.227 e. The van der Waals surface area contributed by atoms with E-state index in [4.69, 9.17) is 4.98 Å². The van der Waals surface area contributed by atoms with Crippen LogP contribution < -0.4 is 5.32 Å². The molecule has 186 valence electrons. The highest BCUT2D eigenvalue weighted by molar-refractivity contribution is 5.90. The molecule has 0 unspecified atom stereocenters. The van der Waals surface area contributed by atoms with Crippen LogP contribution in [0, 0.1) is 6.92 Å². The van der Waals surface area contributed by atoms with E-state index in [0.29, 0.717) is 30.8 Å². The number of aromatic nitrogens is 3. The van der Waals surface area contributed by atoms with Crippen molar-refractivity contribution in [3.05, 3.63) is 90.1 Å². The summed E-state index contributed by atoms with van der Waals surface area (Å²) in [6.45, 7) is 3.40. The standard InChI is InChI=1S/C30H29N5O2/c1-20-19-31-35-28(18-26(33-30(20)35)25-11-4-5-12-27(25)36)32-23-13-15-34(16-14-23)29(37)17-22-9-6-8-21-7-2-3-10-24(21)22/h2-12,18-19,23,32,36H,13-17H2,1H3. The third kappa shape index (κ3) is 4.48. The van der Waals surface area contributed by atoms with E-state index in [1.54, 1.807) is 18.3 Å². The SMILES string of the molecule is Cc1cnn2c(NC3CCN(C(=O)Cc4cccc5ccccc45)CC3)cc(-c3ccccc3O)nc12. The number of hydrogen-bond acceptors (Lipinski definition) is 5. The van der Waals surface area contributed by atoms with Crippen LogP contribution >= 0.6 is 0 Å². The molecule has 3 aromatic carbocycles. The van der Waals surface area contributed by atoms with Gasteiger partial charge in [0.1, 0.15) is 11.6 Å². The number of carbonyl (C=O) groups is 1. The second kappa shape index (κ2) is 9.58. The van der Waals surface area contributed by atoms with Crippen LogP contribution in [0.15, 0.2) is 79.0 Å². The Hall–Kier alpha value is -4.39. The number of phenolic OH excluding ortho intramolecular Hbond substituents is 1. The number of para-hydroxylation sites is 1. The molecule has 1 aliphatic rings. The average molecular weight is 492 g/mol. The average Bonchev–Trinajstić information content (AvgIpc) is 3.30. The van der Waals surface area contributed by atoms with Crippen molar-refractivity contribution in [1.82, 2.24) is 19.5 Å². The van der Waals surface area contributed by atoms with Crippen molar-refractivity contribution in [2.24, 2.45) is 0 Å². The van der Waals surface area contributed by atoms with Gasteiger partial charge in [0.15, 0.2) is 5.65 Å². The first-order valence-corrected chi connectivity index (χ1v) is 12.7. The zero-order valence-corrected chi connectivity index (χ0v) is 20.8. The summed E-state index contributed by atoms with van der Waals surface area (Å²) in [6.07, 6.45) is 3.91. The highest BCUT2D eigenvalue weighted by Gasteiger charge is 2.24. The van der Waals surface area contributed by atoms with E-state index in [1.165, 1.54) is 0 Å². The second-order valence-corrected chi connectivity index (χ2v) is 9.72. The first kappa shape index (κ1) is 23.0. The van der Waals surface area contributed by atoms with Gasteiger partial charge in [-0.15, -0.1) is 0 Å². The number of amides is 1. The monoisotopic (exact) mass is 491 g/mol. The van der Waals surface area contributed by atoms with Crippen LogP contribution in [-0.2, 0) is 11.2 Å². The van der Waals surface area contributed by atoms with Gasteiger partial charge in [0.05, 0.1) is 18.3 Å². The minimum atomic E-state index is 0.172. The Morgan fingerprint density at radius 3 is 2.62 bits per heavy atom. The molecule has 1 aliphatic heterocycles. The summed E-state index contributed by atoms with van der Waals surface area (Å²) in [5, 5.41) is 20.9. The fourth-order valence-electron chi connectivity index (χ4n) is 5.21. The molecule has 7 nitrogen and oxygen atoms in total.